The first-order chi connectivity index (χ1) is 10.9. The lowest BCUT2D eigenvalue weighted by Crippen LogP contribution is -2.58. The molecule has 0 bridgehead atoms. The Bertz CT molecular complexity index is 622. The molecule has 126 valence electrons. The van der Waals surface area contributed by atoms with Crippen LogP contribution < -0.4 is 0 Å². The van der Waals surface area contributed by atoms with Crippen LogP contribution in [0.3, 0.4) is 0 Å². The molecule has 1 saturated heterocycles. The lowest BCUT2D eigenvalue weighted by molar-refractivity contribution is -0.156. The van der Waals surface area contributed by atoms with Gasteiger partial charge in [0, 0.05) is 25.8 Å². The van der Waals surface area contributed by atoms with Crippen LogP contribution in [0, 0.1) is 18.6 Å². The number of amides is 2. The highest BCUT2D eigenvalue weighted by atomic mass is 19.2. The van der Waals surface area contributed by atoms with E-state index in [0.29, 0.717) is 13.2 Å². The third-order valence-corrected chi connectivity index (χ3v) is 4.04. The van der Waals surface area contributed by atoms with E-state index in [2.05, 4.69) is 0 Å². The van der Waals surface area contributed by atoms with Crippen molar-refractivity contribution in [3.63, 3.8) is 0 Å². The average molecular weight is 326 g/mol. The summed E-state index contributed by atoms with van der Waals surface area (Å²) in [6, 6.07) is 2.17. The van der Waals surface area contributed by atoms with E-state index in [1.165, 1.54) is 36.0 Å². The quantitative estimate of drug-likeness (QED) is 0.823. The van der Waals surface area contributed by atoms with Gasteiger partial charge < -0.3 is 14.5 Å². The number of nitrogens with zero attached hydrogens (tertiary/aromatic N) is 2. The molecule has 5 nitrogen and oxygen atoms in total. The van der Waals surface area contributed by atoms with Crippen LogP contribution in [0.4, 0.5) is 8.78 Å². The summed E-state index contributed by atoms with van der Waals surface area (Å²) in [6.07, 6.45) is 0. The summed E-state index contributed by atoms with van der Waals surface area (Å²) in [5.41, 5.74) is 0.262. The molecule has 1 atom stereocenters. The molecule has 1 aliphatic heterocycles. The van der Waals surface area contributed by atoms with E-state index in [0.717, 1.165) is 0 Å². The molecule has 1 aromatic carbocycles. The van der Waals surface area contributed by atoms with E-state index in [-0.39, 0.29) is 36.0 Å². The van der Waals surface area contributed by atoms with Crippen LogP contribution in [-0.4, -0.2) is 54.5 Å². The fraction of sp³-hybridized carbons (Fsp3) is 0.500. The van der Waals surface area contributed by atoms with Crippen molar-refractivity contribution in [3.05, 3.63) is 34.9 Å². The van der Waals surface area contributed by atoms with Crippen LogP contribution in [0.1, 0.15) is 18.1 Å². The van der Waals surface area contributed by atoms with Gasteiger partial charge in [0.05, 0.1) is 13.2 Å². The summed E-state index contributed by atoms with van der Waals surface area (Å²) in [5, 5.41) is 0. The molecule has 1 heterocycles. The van der Waals surface area contributed by atoms with Crippen molar-refractivity contribution in [2.24, 2.45) is 0 Å². The zero-order valence-electron chi connectivity index (χ0n) is 13.4. The van der Waals surface area contributed by atoms with Crippen molar-refractivity contribution < 1.29 is 23.1 Å². The summed E-state index contributed by atoms with van der Waals surface area (Å²) >= 11 is 0. The maximum Gasteiger partial charge on any atom is 0.245 e. The van der Waals surface area contributed by atoms with Gasteiger partial charge in [-0.3, -0.25) is 9.59 Å². The van der Waals surface area contributed by atoms with E-state index in [4.69, 9.17) is 4.74 Å². The SMILES string of the molecule is COCCN1CC(=O)N(Cc2ccc(C)c(F)c2F)[C@@H](C)C1=O. The van der Waals surface area contributed by atoms with E-state index < -0.39 is 17.7 Å². The van der Waals surface area contributed by atoms with Gasteiger partial charge in [-0.05, 0) is 19.4 Å². The molecule has 1 aromatic rings. The molecule has 0 spiro atoms. The number of hydrogen-bond donors (Lipinski definition) is 0. The smallest absolute Gasteiger partial charge is 0.245 e. The number of aryl methyl sites for hydroxylation is 1. The number of piperazine rings is 1. The Labute approximate surface area is 133 Å². The summed E-state index contributed by atoms with van der Waals surface area (Å²) in [7, 11) is 1.51. The molecule has 0 unspecified atom stereocenters. The van der Waals surface area contributed by atoms with Crippen molar-refractivity contribution >= 4 is 11.8 Å². The fourth-order valence-corrected chi connectivity index (χ4v) is 2.55. The number of hydrogen-bond acceptors (Lipinski definition) is 3. The Morgan fingerprint density at radius 2 is 1.96 bits per heavy atom. The van der Waals surface area contributed by atoms with Crippen molar-refractivity contribution in [1.82, 2.24) is 9.80 Å². The maximum absolute atomic E-state index is 14.0. The normalized spacial score (nSPS) is 18.7. The highest BCUT2D eigenvalue weighted by molar-refractivity contribution is 5.94. The van der Waals surface area contributed by atoms with Crippen LogP contribution in [0.25, 0.3) is 0 Å². The summed E-state index contributed by atoms with van der Waals surface area (Å²) in [5.74, 6) is -2.42. The molecule has 0 aromatic heterocycles. The number of rotatable bonds is 5. The van der Waals surface area contributed by atoms with E-state index >= 15 is 0 Å². The second kappa shape index (κ2) is 7.04. The van der Waals surface area contributed by atoms with Crippen LogP contribution in [0.5, 0.6) is 0 Å². The van der Waals surface area contributed by atoms with Gasteiger partial charge in [0.2, 0.25) is 11.8 Å². The Kier molecular flexibility index (Phi) is 5.30. The zero-order chi connectivity index (χ0) is 17.1. The Hall–Kier alpha value is -2.02. The summed E-state index contributed by atoms with van der Waals surface area (Å²) < 4.78 is 32.6. The van der Waals surface area contributed by atoms with E-state index in [1.54, 1.807) is 6.92 Å². The van der Waals surface area contributed by atoms with Gasteiger partial charge in [-0.1, -0.05) is 12.1 Å². The highest BCUT2D eigenvalue weighted by Crippen LogP contribution is 2.21. The number of methoxy groups -OCH3 is 1. The first kappa shape index (κ1) is 17.3. The predicted octanol–water partition coefficient (Wildman–Crippen LogP) is 1.48. The highest BCUT2D eigenvalue weighted by Gasteiger charge is 2.36. The molecule has 1 aliphatic rings. The average Bonchev–Trinajstić information content (AvgIpc) is 2.53. The summed E-state index contributed by atoms with van der Waals surface area (Å²) in [4.78, 5) is 27.3. The minimum absolute atomic E-state index is 0.0615. The molecule has 0 saturated carbocycles. The van der Waals surface area contributed by atoms with Crippen molar-refractivity contribution in [1.29, 1.82) is 0 Å². The molecule has 2 amide bonds. The first-order valence-corrected chi connectivity index (χ1v) is 7.37. The van der Waals surface area contributed by atoms with Crippen molar-refractivity contribution in [2.45, 2.75) is 26.4 Å². The van der Waals surface area contributed by atoms with Crippen LogP contribution >= 0.6 is 0 Å². The van der Waals surface area contributed by atoms with Crippen molar-refractivity contribution in [3.8, 4) is 0 Å². The molecule has 2 rings (SSSR count). The number of halogens is 2. The van der Waals surface area contributed by atoms with Crippen LogP contribution in [-0.2, 0) is 20.9 Å². The summed E-state index contributed by atoms with van der Waals surface area (Å²) in [6.45, 7) is 3.50. The Morgan fingerprint density at radius 3 is 2.61 bits per heavy atom. The molecule has 7 heteroatoms. The Balaban J connectivity index is 2.17. The fourth-order valence-electron chi connectivity index (χ4n) is 2.55. The maximum atomic E-state index is 14.0. The standard InChI is InChI=1S/C16H20F2N2O3/c1-10-4-5-12(15(18)14(10)17)8-20-11(2)16(22)19(6-7-23-3)9-13(20)21/h4-5,11H,6-9H2,1-3H3/t11-/m0/s1. The molecular formula is C16H20F2N2O3. The lowest BCUT2D eigenvalue weighted by atomic mass is 10.1. The van der Waals surface area contributed by atoms with Gasteiger partial charge in [0.15, 0.2) is 11.6 Å². The monoisotopic (exact) mass is 326 g/mol. The van der Waals surface area contributed by atoms with Crippen molar-refractivity contribution in [2.75, 3.05) is 26.8 Å². The third-order valence-electron chi connectivity index (χ3n) is 4.04. The molecule has 0 aliphatic carbocycles. The van der Waals surface area contributed by atoms with E-state index in [1.807, 2.05) is 0 Å². The van der Waals surface area contributed by atoms with Crippen LogP contribution in [0.2, 0.25) is 0 Å². The topological polar surface area (TPSA) is 49.9 Å². The predicted molar refractivity (Wildman–Crippen MR) is 79.6 cm³/mol. The lowest BCUT2D eigenvalue weighted by Gasteiger charge is -2.38. The number of benzene rings is 1. The second-order valence-electron chi connectivity index (χ2n) is 5.62. The number of carbonyl (C=O) groups excluding carboxylic acids is 2. The first-order valence-electron chi connectivity index (χ1n) is 7.37. The number of ether oxygens (including phenoxy) is 1. The van der Waals surface area contributed by atoms with Gasteiger partial charge in [0.25, 0.3) is 0 Å². The minimum Gasteiger partial charge on any atom is -0.383 e. The largest absolute Gasteiger partial charge is 0.383 e. The molecular weight excluding hydrogens is 306 g/mol. The molecule has 0 N–H and O–H groups in total. The number of carbonyl (C=O) groups is 2. The van der Waals surface area contributed by atoms with Gasteiger partial charge in [-0.25, -0.2) is 8.78 Å². The minimum atomic E-state index is -0.973. The van der Waals surface area contributed by atoms with Gasteiger partial charge in [-0.2, -0.15) is 0 Å². The van der Waals surface area contributed by atoms with E-state index in [9.17, 15) is 18.4 Å². The van der Waals surface area contributed by atoms with Gasteiger partial charge in [0.1, 0.15) is 6.04 Å². The van der Waals surface area contributed by atoms with Crippen LogP contribution in [0.15, 0.2) is 12.1 Å². The van der Waals surface area contributed by atoms with Gasteiger partial charge >= 0.3 is 0 Å². The second-order valence-corrected chi connectivity index (χ2v) is 5.62. The molecule has 0 radical (unpaired) electrons. The third kappa shape index (κ3) is 3.50. The molecule has 23 heavy (non-hydrogen) atoms. The van der Waals surface area contributed by atoms with Gasteiger partial charge in [-0.15, -0.1) is 0 Å². The molecule has 1 fully saturated rings. The zero-order valence-corrected chi connectivity index (χ0v) is 13.4. The Morgan fingerprint density at radius 1 is 1.26 bits per heavy atom.